The summed E-state index contributed by atoms with van der Waals surface area (Å²) in [5, 5.41) is 18.2. The van der Waals surface area contributed by atoms with E-state index in [0.29, 0.717) is 5.57 Å². The second-order valence-electron chi connectivity index (χ2n) is 3.77. The summed E-state index contributed by atoms with van der Waals surface area (Å²) in [6.45, 7) is 0. The molecule has 2 rings (SSSR count). The van der Waals surface area contributed by atoms with Crippen molar-refractivity contribution in [2.75, 3.05) is 0 Å². The Morgan fingerprint density at radius 2 is 2.00 bits per heavy atom. The molecule has 1 unspecified atom stereocenters. The predicted molar refractivity (Wildman–Crippen MR) is 56.8 cm³/mol. The number of hydrogen-bond acceptors (Lipinski definition) is 2. The van der Waals surface area contributed by atoms with Crippen LogP contribution in [0, 0.1) is 5.41 Å². The number of fused-ring (bicyclic) bond motifs is 1. The fourth-order valence-corrected chi connectivity index (χ4v) is 1.94. The Balaban J connectivity index is 2.55. The van der Waals surface area contributed by atoms with Crippen molar-refractivity contribution < 1.29 is 19.8 Å². The van der Waals surface area contributed by atoms with Crippen LogP contribution in [0.25, 0.3) is 0 Å². The lowest BCUT2D eigenvalue weighted by Crippen LogP contribution is -2.33. The molecule has 0 radical (unpaired) electrons. The number of rotatable bonds is 2. The van der Waals surface area contributed by atoms with Gasteiger partial charge in [0.15, 0.2) is 0 Å². The normalized spacial score (nSPS) is 26.8. The number of aliphatic carboxylic acids is 2. The van der Waals surface area contributed by atoms with Crippen LogP contribution in [0.5, 0.6) is 0 Å². The van der Waals surface area contributed by atoms with Crippen LogP contribution in [0.15, 0.2) is 47.6 Å². The van der Waals surface area contributed by atoms with E-state index in [9.17, 15) is 14.7 Å². The Hall–Kier alpha value is -2.10. The number of carboxylic acids is 2. The maximum atomic E-state index is 11.3. The Morgan fingerprint density at radius 3 is 2.62 bits per heavy atom. The molecule has 0 aliphatic heterocycles. The average molecular weight is 218 g/mol. The molecule has 4 nitrogen and oxygen atoms in total. The first kappa shape index (κ1) is 10.4. The van der Waals surface area contributed by atoms with E-state index < -0.39 is 17.4 Å². The van der Waals surface area contributed by atoms with Gasteiger partial charge in [-0.05, 0) is 24.1 Å². The van der Waals surface area contributed by atoms with E-state index in [4.69, 9.17) is 5.11 Å². The highest BCUT2D eigenvalue weighted by atomic mass is 16.4. The largest absolute Gasteiger partial charge is 0.480 e. The maximum absolute atomic E-state index is 11.3. The molecule has 0 aromatic rings. The zero-order valence-corrected chi connectivity index (χ0v) is 8.38. The van der Waals surface area contributed by atoms with Gasteiger partial charge in [-0.15, -0.1) is 0 Å². The summed E-state index contributed by atoms with van der Waals surface area (Å²) < 4.78 is 0. The SMILES string of the molecule is O=C(O)C1=CC2(C(=O)O)CC=CC=C2C=C1. The van der Waals surface area contributed by atoms with Gasteiger partial charge in [0.2, 0.25) is 0 Å². The molecule has 0 amide bonds. The van der Waals surface area contributed by atoms with E-state index in [1.54, 1.807) is 24.3 Å². The summed E-state index contributed by atoms with van der Waals surface area (Å²) in [5.74, 6) is -2.13. The minimum atomic E-state index is -1.21. The molecule has 2 aliphatic rings. The second-order valence-corrected chi connectivity index (χ2v) is 3.77. The number of allylic oxidation sites excluding steroid dienone is 4. The summed E-state index contributed by atoms with van der Waals surface area (Å²) in [7, 11) is 0. The molecule has 0 spiro atoms. The van der Waals surface area contributed by atoms with Gasteiger partial charge < -0.3 is 10.2 Å². The highest BCUT2D eigenvalue weighted by Crippen LogP contribution is 2.41. The Labute approximate surface area is 91.9 Å². The van der Waals surface area contributed by atoms with Crippen molar-refractivity contribution in [1.82, 2.24) is 0 Å². The van der Waals surface area contributed by atoms with Gasteiger partial charge in [-0.2, -0.15) is 0 Å². The Kier molecular flexibility index (Phi) is 2.27. The minimum Gasteiger partial charge on any atom is -0.480 e. The summed E-state index contributed by atoms with van der Waals surface area (Å²) in [6.07, 6.45) is 9.79. The van der Waals surface area contributed by atoms with E-state index in [1.165, 1.54) is 12.2 Å². The zero-order chi connectivity index (χ0) is 11.8. The fourth-order valence-electron chi connectivity index (χ4n) is 1.94. The zero-order valence-electron chi connectivity index (χ0n) is 8.38. The van der Waals surface area contributed by atoms with Gasteiger partial charge in [-0.25, -0.2) is 4.79 Å². The average Bonchev–Trinajstić information content (AvgIpc) is 2.28. The van der Waals surface area contributed by atoms with Crippen molar-refractivity contribution >= 4 is 11.9 Å². The highest BCUT2D eigenvalue weighted by molar-refractivity contribution is 5.94. The summed E-state index contributed by atoms with van der Waals surface area (Å²) in [6, 6.07) is 0. The van der Waals surface area contributed by atoms with Gasteiger partial charge in [-0.3, -0.25) is 4.79 Å². The van der Waals surface area contributed by atoms with Crippen molar-refractivity contribution in [3.63, 3.8) is 0 Å². The predicted octanol–water partition coefficient (Wildman–Crippen LogP) is 1.52. The standard InChI is InChI=1S/C12H10O4/c13-10(14)8-4-5-9-3-1-2-6-12(9,7-8)11(15)16/h1-5,7H,6H2,(H,13,14)(H,15,16). The second kappa shape index (κ2) is 3.48. The molecule has 82 valence electrons. The van der Waals surface area contributed by atoms with Crippen molar-refractivity contribution in [1.29, 1.82) is 0 Å². The lowest BCUT2D eigenvalue weighted by atomic mass is 9.71. The van der Waals surface area contributed by atoms with Gasteiger partial charge in [0, 0.05) is 0 Å². The van der Waals surface area contributed by atoms with E-state index in [2.05, 4.69) is 0 Å². The molecule has 4 heteroatoms. The van der Waals surface area contributed by atoms with Gasteiger partial charge in [0.05, 0.1) is 5.57 Å². The number of hydrogen-bond donors (Lipinski definition) is 2. The van der Waals surface area contributed by atoms with Crippen molar-refractivity contribution in [3.05, 3.63) is 47.6 Å². The maximum Gasteiger partial charge on any atom is 0.335 e. The fraction of sp³-hybridized carbons (Fsp3) is 0.167. The molecule has 2 aliphatic carbocycles. The van der Waals surface area contributed by atoms with Crippen LogP contribution in [0.4, 0.5) is 0 Å². The molecule has 2 N–H and O–H groups in total. The van der Waals surface area contributed by atoms with Gasteiger partial charge in [-0.1, -0.05) is 24.3 Å². The van der Waals surface area contributed by atoms with Crippen LogP contribution in [0.2, 0.25) is 0 Å². The third-order valence-electron chi connectivity index (χ3n) is 2.84. The van der Waals surface area contributed by atoms with Crippen molar-refractivity contribution in [2.45, 2.75) is 6.42 Å². The molecule has 0 heterocycles. The van der Waals surface area contributed by atoms with Crippen molar-refractivity contribution in [3.8, 4) is 0 Å². The highest BCUT2D eigenvalue weighted by Gasteiger charge is 2.41. The van der Waals surface area contributed by atoms with Crippen LogP contribution in [-0.4, -0.2) is 22.2 Å². The topological polar surface area (TPSA) is 74.6 Å². The molecule has 0 fully saturated rings. The molecular weight excluding hydrogens is 208 g/mol. The Bertz CT molecular complexity index is 479. The summed E-state index contributed by atoms with van der Waals surface area (Å²) >= 11 is 0. The monoisotopic (exact) mass is 218 g/mol. The van der Waals surface area contributed by atoms with E-state index >= 15 is 0 Å². The van der Waals surface area contributed by atoms with Crippen LogP contribution < -0.4 is 0 Å². The minimum absolute atomic E-state index is 0.0230. The Morgan fingerprint density at radius 1 is 1.25 bits per heavy atom. The van der Waals surface area contributed by atoms with Gasteiger partial charge >= 0.3 is 11.9 Å². The summed E-state index contributed by atoms with van der Waals surface area (Å²) in [4.78, 5) is 22.2. The van der Waals surface area contributed by atoms with Crippen LogP contribution in [0.3, 0.4) is 0 Å². The van der Waals surface area contributed by atoms with E-state index in [1.807, 2.05) is 0 Å². The van der Waals surface area contributed by atoms with Gasteiger partial charge in [0.1, 0.15) is 5.41 Å². The molecule has 0 aromatic heterocycles. The lowest BCUT2D eigenvalue weighted by Gasteiger charge is -2.31. The third kappa shape index (κ3) is 1.39. The molecule has 16 heavy (non-hydrogen) atoms. The smallest absolute Gasteiger partial charge is 0.335 e. The first-order valence-corrected chi connectivity index (χ1v) is 4.81. The molecule has 0 saturated heterocycles. The first-order valence-electron chi connectivity index (χ1n) is 4.81. The van der Waals surface area contributed by atoms with Crippen LogP contribution in [-0.2, 0) is 9.59 Å². The number of carboxylic acid groups (broad SMARTS) is 2. The van der Waals surface area contributed by atoms with Crippen LogP contribution >= 0.6 is 0 Å². The van der Waals surface area contributed by atoms with Gasteiger partial charge in [0.25, 0.3) is 0 Å². The molecule has 0 bridgehead atoms. The first-order chi connectivity index (χ1) is 7.56. The third-order valence-corrected chi connectivity index (χ3v) is 2.84. The van der Waals surface area contributed by atoms with Crippen LogP contribution in [0.1, 0.15) is 6.42 Å². The van der Waals surface area contributed by atoms with Crippen molar-refractivity contribution in [2.24, 2.45) is 5.41 Å². The van der Waals surface area contributed by atoms with E-state index in [-0.39, 0.29) is 12.0 Å². The van der Waals surface area contributed by atoms with E-state index in [0.717, 1.165) is 0 Å². The molecular formula is C12H10O4. The lowest BCUT2D eigenvalue weighted by molar-refractivity contribution is -0.143. The number of carbonyl (C=O) groups is 2. The molecule has 0 saturated carbocycles. The molecule has 0 aromatic carbocycles. The quantitative estimate of drug-likeness (QED) is 0.736. The molecule has 1 atom stereocenters. The summed E-state index contributed by atoms with van der Waals surface area (Å²) in [5.41, 5.74) is -0.570.